The van der Waals surface area contributed by atoms with Crippen molar-refractivity contribution < 1.29 is 9.53 Å². The van der Waals surface area contributed by atoms with E-state index in [1.165, 1.54) is 6.42 Å². The third kappa shape index (κ3) is 2.45. The zero-order valence-electron chi connectivity index (χ0n) is 8.50. The Balaban J connectivity index is 1.65. The molecule has 0 radical (unpaired) electrons. The second-order valence-corrected chi connectivity index (χ2v) is 3.99. The highest BCUT2D eigenvalue weighted by Gasteiger charge is 2.21. The number of hydrogen-bond donors (Lipinski definition) is 1. The quantitative estimate of drug-likeness (QED) is 0.693. The summed E-state index contributed by atoms with van der Waals surface area (Å²) in [4.78, 5) is 13.5. The van der Waals surface area contributed by atoms with Crippen LogP contribution >= 0.6 is 0 Å². The van der Waals surface area contributed by atoms with Gasteiger partial charge >= 0.3 is 0 Å². The molecule has 1 N–H and O–H groups in total. The Morgan fingerprint density at radius 2 is 2.07 bits per heavy atom. The van der Waals surface area contributed by atoms with Crippen LogP contribution in [0.1, 0.15) is 19.3 Å². The maximum atomic E-state index is 11.6. The Morgan fingerprint density at radius 3 is 2.64 bits per heavy atom. The van der Waals surface area contributed by atoms with Gasteiger partial charge in [-0.15, -0.1) is 0 Å². The van der Waals surface area contributed by atoms with Gasteiger partial charge in [0, 0.05) is 26.2 Å². The molecule has 4 heteroatoms. The molecular weight excluding hydrogens is 180 g/mol. The van der Waals surface area contributed by atoms with Gasteiger partial charge < -0.3 is 15.0 Å². The molecule has 2 fully saturated rings. The van der Waals surface area contributed by atoms with E-state index >= 15 is 0 Å². The predicted molar refractivity (Wildman–Crippen MR) is 53.0 cm³/mol. The molecule has 1 saturated carbocycles. The van der Waals surface area contributed by atoms with Gasteiger partial charge in [-0.05, 0) is 19.3 Å². The van der Waals surface area contributed by atoms with Gasteiger partial charge in [-0.1, -0.05) is 0 Å². The number of nitrogens with zero attached hydrogens (tertiary/aromatic N) is 1. The van der Waals surface area contributed by atoms with Crippen LogP contribution in [0.5, 0.6) is 0 Å². The van der Waals surface area contributed by atoms with Crippen LogP contribution in [-0.2, 0) is 9.53 Å². The summed E-state index contributed by atoms with van der Waals surface area (Å²) < 4.78 is 5.48. The molecule has 1 amide bonds. The molecule has 0 aromatic carbocycles. The first-order chi connectivity index (χ1) is 6.86. The number of amides is 1. The van der Waals surface area contributed by atoms with E-state index in [1.807, 2.05) is 4.90 Å². The van der Waals surface area contributed by atoms with E-state index in [4.69, 9.17) is 4.74 Å². The normalized spacial score (nSPS) is 23.3. The lowest BCUT2D eigenvalue weighted by molar-refractivity contribution is -0.140. The average Bonchev–Trinajstić information content (AvgIpc) is 2.16. The number of piperazine rings is 1. The summed E-state index contributed by atoms with van der Waals surface area (Å²) in [6.07, 6.45) is 3.89. The molecule has 1 aliphatic carbocycles. The Morgan fingerprint density at radius 1 is 1.36 bits per heavy atom. The number of hydrogen-bond acceptors (Lipinski definition) is 3. The minimum absolute atomic E-state index is 0.151. The first-order valence-corrected chi connectivity index (χ1v) is 5.46. The largest absolute Gasteiger partial charge is 0.368 e. The average molecular weight is 198 g/mol. The van der Waals surface area contributed by atoms with Crippen molar-refractivity contribution in [3.05, 3.63) is 0 Å². The minimum atomic E-state index is 0.151. The summed E-state index contributed by atoms with van der Waals surface area (Å²) in [6, 6.07) is 0. The Kier molecular flexibility index (Phi) is 3.37. The SMILES string of the molecule is O=C(COC1CCC1)N1CCNCC1. The fraction of sp³-hybridized carbons (Fsp3) is 0.900. The molecule has 0 atom stereocenters. The summed E-state index contributed by atoms with van der Waals surface area (Å²) in [6.45, 7) is 3.76. The lowest BCUT2D eigenvalue weighted by Crippen LogP contribution is -2.48. The van der Waals surface area contributed by atoms with Crippen LogP contribution in [0.4, 0.5) is 0 Å². The van der Waals surface area contributed by atoms with Gasteiger partial charge in [0.05, 0.1) is 6.10 Å². The third-order valence-electron chi connectivity index (χ3n) is 2.96. The summed E-state index contributed by atoms with van der Waals surface area (Å²) in [5, 5.41) is 3.22. The van der Waals surface area contributed by atoms with Crippen molar-refractivity contribution >= 4 is 5.91 Å². The molecule has 0 bridgehead atoms. The molecule has 2 rings (SSSR count). The first-order valence-electron chi connectivity index (χ1n) is 5.46. The Labute approximate surface area is 84.6 Å². The summed E-state index contributed by atoms with van der Waals surface area (Å²) in [5.74, 6) is 0.151. The fourth-order valence-electron chi connectivity index (χ4n) is 1.73. The smallest absolute Gasteiger partial charge is 0.248 e. The molecule has 1 heterocycles. The summed E-state index contributed by atoms with van der Waals surface area (Å²) >= 11 is 0. The first kappa shape index (κ1) is 9.93. The van der Waals surface area contributed by atoms with E-state index in [9.17, 15) is 4.79 Å². The molecule has 0 unspecified atom stereocenters. The number of ether oxygens (including phenoxy) is 1. The van der Waals surface area contributed by atoms with E-state index in [1.54, 1.807) is 0 Å². The van der Waals surface area contributed by atoms with Gasteiger partial charge in [-0.3, -0.25) is 4.79 Å². The minimum Gasteiger partial charge on any atom is -0.368 e. The zero-order chi connectivity index (χ0) is 9.80. The van der Waals surface area contributed by atoms with Crippen LogP contribution < -0.4 is 5.32 Å². The van der Waals surface area contributed by atoms with Crippen molar-refractivity contribution in [1.82, 2.24) is 10.2 Å². The van der Waals surface area contributed by atoms with Crippen LogP contribution in [0.2, 0.25) is 0 Å². The maximum absolute atomic E-state index is 11.6. The van der Waals surface area contributed by atoms with Crippen LogP contribution in [0.3, 0.4) is 0 Å². The van der Waals surface area contributed by atoms with Crippen molar-refractivity contribution in [3.63, 3.8) is 0 Å². The summed E-state index contributed by atoms with van der Waals surface area (Å²) in [5.41, 5.74) is 0. The van der Waals surface area contributed by atoms with E-state index in [2.05, 4.69) is 5.32 Å². The van der Waals surface area contributed by atoms with Gasteiger partial charge in [0.2, 0.25) is 5.91 Å². The molecule has 14 heavy (non-hydrogen) atoms. The highest BCUT2D eigenvalue weighted by molar-refractivity contribution is 5.77. The van der Waals surface area contributed by atoms with Gasteiger partial charge in [0.1, 0.15) is 6.61 Å². The van der Waals surface area contributed by atoms with Crippen molar-refractivity contribution in [1.29, 1.82) is 0 Å². The Bertz CT molecular complexity index is 198. The molecule has 1 saturated heterocycles. The molecule has 0 aromatic rings. The lowest BCUT2D eigenvalue weighted by atomic mass is 9.96. The zero-order valence-corrected chi connectivity index (χ0v) is 8.50. The lowest BCUT2D eigenvalue weighted by Gasteiger charge is -2.30. The van der Waals surface area contributed by atoms with E-state index < -0.39 is 0 Å². The number of carbonyl (C=O) groups is 1. The van der Waals surface area contributed by atoms with E-state index in [0.717, 1.165) is 39.0 Å². The molecular formula is C10H18N2O2. The molecule has 4 nitrogen and oxygen atoms in total. The number of rotatable bonds is 3. The summed E-state index contributed by atoms with van der Waals surface area (Å²) in [7, 11) is 0. The highest BCUT2D eigenvalue weighted by atomic mass is 16.5. The van der Waals surface area contributed by atoms with Crippen LogP contribution in [-0.4, -0.2) is 49.7 Å². The third-order valence-corrected chi connectivity index (χ3v) is 2.96. The second kappa shape index (κ2) is 4.75. The van der Waals surface area contributed by atoms with Crippen molar-refractivity contribution in [2.24, 2.45) is 0 Å². The molecule has 1 aliphatic heterocycles. The van der Waals surface area contributed by atoms with Gasteiger partial charge in [-0.25, -0.2) is 0 Å². The van der Waals surface area contributed by atoms with Crippen LogP contribution in [0, 0.1) is 0 Å². The molecule has 2 aliphatic rings. The van der Waals surface area contributed by atoms with Gasteiger partial charge in [0.25, 0.3) is 0 Å². The fourth-order valence-corrected chi connectivity index (χ4v) is 1.73. The topological polar surface area (TPSA) is 41.6 Å². The number of carbonyl (C=O) groups excluding carboxylic acids is 1. The van der Waals surface area contributed by atoms with Crippen LogP contribution in [0.15, 0.2) is 0 Å². The monoisotopic (exact) mass is 198 g/mol. The second-order valence-electron chi connectivity index (χ2n) is 3.99. The molecule has 80 valence electrons. The Hall–Kier alpha value is -0.610. The standard InChI is InChI=1S/C10H18N2O2/c13-10(8-14-9-2-1-3-9)12-6-4-11-5-7-12/h9,11H,1-8H2. The van der Waals surface area contributed by atoms with Crippen molar-refractivity contribution in [2.75, 3.05) is 32.8 Å². The molecule has 0 spiro atoms. The van der Waals surface area contributed by atoms with Crippen molar-refractivity contribution in [2.45, 2.75) is 25.4 Å². The van der Waals surface area contributed by atoms with Gasteiger partial charge in [-0.2, -0.15) is 0 Å². The van der Waals surface area contributed by atoms with E-state index in [-0.39, 0.29) is 12.5 Å². The van der Waals surface area contributed by atoms with Gasteiger partial charge in [0.15, 0.2) is 0 Å². The molecule has 0 aromatic heterocycles. The van der Waals surface area contributed by atoms with Crippen LogP contribution in [0.25, 0.3) is 0 Å². The van der Waals surface area contributed by atoms with E-state index in [0.29, 0.717) is 6.10 Å². The van der Waals surface area contributed by atoms with Crippen molar-refractivity contribution in [3.8, 4) is 0 Å². The maximum Gasteiger partial charge on any atom is 0.248 e. The highest BCUT2D eigenvalue weighted by Crippen LogP contribution is 2.21. The predicted octanol–water partition coefficient (Wildman–Crippen LogP) is -0.0127. The number of nitrogens with one attached hydrogen (secondary N) is 1.